The fourth-order valence-electron chi connectivity index (χ4n) is 2.64. The van der Waals surface area contributed by atoms with Crippen molar-refractivity contribution in [2.24, 2.45) is 5.10 Å². The summed E-state index contributed by atoms with van der Waals surface area (Å²) in [4.78, 5) is 21.5. The summed E-state index contributed by atoms with van der Waals surface area (Å²) >= 11 is 0. The van der Waals surface area contributed by atoms with Gasteiger partial charge in [0, 0.05) is 11.6 Å². The van der Waals surface area contributed by atoms with Crippen molar-refractivity contribution < 1.29 is 27.6 Å². The number of anilines is 2. The maximum absolute atomic E-state index is 13.6. The average Bonchev–Trinajstić information content (AvgIpc) is 2.75. The number of hydrogen-bond acceptors (Lipinski definition) is 7. The van der Waals surface area contributed by atoms with E-state index in [4.69, 9.17) is 0 Å². The molecule has 3 aromatic carbocycles. The molecule has 32 heavy (non-hydrogen) atoms. The molecule has 0 atom stereocenters. The Morgan fingerprint density at radius 3 is 2.44 bits per heavy atom. The van der Waals surface area contributed by atoms with Crippen LogP contribution < -0.4 is 10.1 Å². The van der Waals surface area contributed by atoms with Crippen LogP contribution in [0.4, 0.5) is 21.5 Å². The highest BCUT2D eigenvalue weighted by Crippen LogP contribution is 2.29. The van der Waals surface area contributed by atoms with E-state index in [0.29, 0.717) is 0 Å². The number of nitrogens with one attached hydrogen (secondary N) is 2. The molecule has 3 aromatic rings. The van der Waals surface area contributed by atoms with Crippen molar-refractivity contribution in [2.75, 3.05) is 10.1 Å². The van der Waals surface area contributed by atoms with Crippen molar-refractivity contribution in [3.05, 3.63) is 93.8 Å². The van der Waals surface area contributed by atoms with Gasteiger partial charge in [0.1, 0.15) is 11.5 Å². The molecule has 0 unspecified atom stereocenters. The Balaban J connectivity index is 1.89. The molecule has 0 saturated heterocycles. The largest absolute Gasteiger partial charge is 0.478 e. The molecule has 3 N–H and O–H groups in total. The number of carboxylic acids is 1. The summed E-state index contributed by atoms with van der Waals surface area (Å²) in [6.45, 7) is 0. The third-order valence-electron chi connectivity index (χ3n) is 4.17. The lowest BCUT2D eigenvalue weighted by Crippen LogP contribution is -2.16. The van der Waals surface area contributed by atoms with Gasteiger partial charge in [-0.3, -0.25) is 20.3 Å². The summed E-state index contributed by atoms with van der Waals surface area (Å²) in [6.07, 6.45) is 1.12. The standard InChI is InChI=1S/C20H15FN4O6S/c21-16-7-3-1-5-13(16)12-22-23-18-10-9-14(11-19(18)25(28)29)32(30,31)24-17-8-4-2-6-15(17)20(26)27/h1-12,23-24H,(H,26,27). The van der Waals surface area contributed by atoms with E-state index in [0.717, 1.165) is 24.4 Å². The van der Waals surface area contributed by atoms with Crippen LogP contribution >= 0.6 is 0 Å². The van der Waals surface area contributed by atoms with Gasteiger partial charge in [-0.05, 0) is 30.3 Å². The third-order valence-corrected chi connectivity index (χ3v) is 5.54. The first-order chi connectivity index (χ1) is 15.2. The predicted molar refractivity (Wildman–Crippen MR) is 115 cm³/mol. The third kappa shape index (κ3) is 5.05. The normalized spacial score (nSPS) is 11.3. The monoisotopic (exact) mass is 458 g/mol. The number of nitro groups is 1. The molecule has 0 heterocycles. The SMILES string of the molecule is O=C(O)c1ccccc1NS(=O)(=O)c1ccc(NN=Cc2ccccc2F)c([N+](=O)[O-])c1. The number of sulfonamides is 1. The Bertz CT molecular complexity index is 1330. The van der Waals surface area contributed by atoms with Crippen molar-refractivity contribution in [1.29, 1.82) is 0 Å². The molecule has 0 amide bonds. The average molecular weight is 458 g/mol. The number of nitro benzene ring substituents is 1. The van der Waals surface area contributed by atoms with Gasteiger partial charge in [-0.2, -0.15) is 5.10 Å². The van der Waals surface area contributed by atoms with Crippen LogP contribution in [0, 0.1) is 15.9 Å². The zero-order valence-electron chi connectivity index (χ0n) is 16.1. The van der Waals surface area contributed by atoms with E-state index in [1.54, 1.807) is 6.07 Å². The van der Waals surface area contributed by atoms with Crippen LogP contribution in [0.1, 0.15) is 15.9 Å². The highest BCUT2D eigenvalue weighted by atomic mass is 32.2. The van der Waals surface area contributed by atoms with E-state index in [1.807, 2.05) is 0 Å². The number of aromatic carboxylic acids is 1. The molecule has 3 rings (SSSR count). The Morgan fingerprint density at radius 2 is 1.75 bits per heavy atom. The van der Waals surface area contributed by atoms with Crippen LogP contribution in [0.5, 0.6) is 0 Å². The van der Waals surface area contributed by atoms with Crippen LogP contribution in [0.2, 0.25) is 0 Å². The molecule has 0 bridgehead atoms. The zero-order valence-corrected chi connectivity index (χ0v) is 16.9. The van der Waals surface area contributed by atoms with Gasteiger partial charge in [-0.25, -0.2) is 17.6 Å². The fourth-order valence-corrected chi connectivity index (χ4v) is 3.74. The molecule has 0 radical (unpaired) electrons. The van der Waals surface area contributed by atoms with Crippen molar-refractivity contribution in [3.63, 3.8) is 0 Å². The van der Waals surface area contributed by atoms with Gasteiger partial charge in [-0.15, -0.1) is 0 Å². The first-order valence-corrected chi connectivity index (χ1v) is 10.3. The van der Waals surface area contributed by atoms with E-state index in [2.05, 4.69) is 15.2 Å². The smallest absolute Gasteiger partial charge is 0.337 e. The van der Waals surface area contributed by atoms with Crippen LogP contribution in [0.3, 0.4) is 0 Å². The number of carbonyl (C=O) groups is 1. The minimum atomic E-state index is -4.34. The molecular weight excluding hydrogens is 443 g/mol. The fraction of sp³-hybridized carbons (Fsp3) is 0. The van der Waals surface area contributed by atoms with Gasteiger partial charge in [-0.1, -0.05) is 30.3 Å². The summed E-state index contributed by atoms with van der Waals surface area (Å²) in [5, 5.41) is 24.4. The second kappa shape index (κ2) is 9.22. The molecule has 0 fully saturated rings. The second-order valence-corrected chi connectivity index (χ2v) is 7.97. The Labute approximate surface area is 181 Å². The summed E-state index contributed by atoms with van der Waals surface area (Å²) in [7, 11) is -4.34. The van der Waals surface area contributed by atoms with Crippen molar-refractivity contribution >= 4 is 39.3 Å². The van der Waals surface area contributed by atoms with E-state index < -0.39 is 37.3 Å². The van der Waals surface area contributed by atoms with Gasteiger partial charge in [0.15, 0.2) is 0 Å². The number of para-hydroxylation sites is 1. The lowest BCUT2D eigenvalue weighted by Gasteiger charge is -2.11. The molecule has 164 valence electrons. The maximum atomic E-state index is 13.6. The van der Waals surface area contributed by atoms with E-state index in [1.165, 1.54) is 42.5 Å². The number of halogens is 1. The molecule has 12 heteroatoms. The van der Waals surface area contributed by atoms with Gasteiger partial charge in [0.2, 0.25) is 0 Å². The minimum Gasteiger partial charge on any atom is -0.478 e. The topological polar surface area (TPSA) is 151 Å². The van der Waals surface area contributed by atoms with Crippen LogP contribution in [-0.2, 0) is 10.0 Å². The van der Waals surface area contributed by atoms with Gasteiger partial charge >= 0.3 is 5.97 Å². The molecular formula is C20H15FN4O6S. The Kier molecular flexibility index (Phi) is 6.45. The van der Waals surface area contributed by atoms with Crippen LogP contribution in [0.15, 0.2) is 76.7 Å². The number of carboxylic acid groups (broad SMARTS) is 1. The van der Waals surface area contributed by atoms with Gasteiger partial charge in [0.05, 0.1) is 27.3 Å². The lowest BCUT2D eigenvalue weighted by molar-refractivity contribution is -0.384. The molecule has 0 aliphatic heterocycles. The number of benzene rings is 3. The molecule has 10 nitrogen and oxygen atoms in total. The zero-order chi connectivity index (χ0) is 23.3. The molecule has 0 spiro atoms. The molecule has 0 aromatic heterocycles. The van der Waals surface area contributed by atoms with Crippen LogP contribution in [0.25, 0.3) is 0 Å². The first-order valence-electron chi connectivity index (χ1n) is 8.86. The molecule has 0 aliphatic rings. The number of hydrogen-bond donors (Lipinski definition) is 3. The van der Waals surface area contributed by atoms with Crippen molar-refractivity contribution in [1.82, 2.24) is 0 Å². The van der Waals surface area contributed by atoms with Crippen molar-refractivity contribution in [3.8, 4) is 0 Å². The van der Waals surface area contributed by atoms with Crippen molar-refractivity contribution in [2.45, 2.75) is 4.90 Å². The Morgan fingerprint density at radius 1 is 1.06 bits per heavy atom. The highest BCUT2D eigenvalue weighted by molar-refractivity contribution is 7.92. The number of nitrogens with zero attached hydrogens (tertiary/aromatic N) is 2. The molecule has 0 saturated carbocycles. The van der Waals surface area contributed by atoms with E-state index >= 15 is 0 Å². The first kappa shape index (κ1) is 22.4. The van der Waals surface area contributed by atoms with Gasteiger partial charge in [0.25, 0.3) is 15.7 Å². The van der Waals surface area contributed by atoms with E-state index in [-0.39, 0.29) is 22.5 Å². The quantitative estimate of drug-likeness (QED) is 0.265. The summed E-state index contributed by atoms with van der Waals surface area (Å²) < 4.78 is 41.1. The second-order valence-electron chi connectivity index (χ2n) is 6.28. The summed E-state index contributed by atoms with van der Waals surface area (Å²) in [5.74, 6) is -1.89. The van der Waals surface area contributed by atoms with E-state index in [9.17, 15) is 32.8 Å². The predicted octanol–water partition coefficient (Wildman–Crippen LogP) is 3.68. The molecule has 0 aliphatic carbocycles. The number of rotatable bonds is 8. The Hall–Kier alpha value is -4.32. The highest BCUT2D eigenvalue weighted by Gasteiger charge is 2.23. The summed E-state index contributed by atoms with van der Waals surface area (Å²) in [5.41, 5.74) is 1.31. The maximum Gasteiger partial charge on any atom is 0.337 e. The minimum absolute atomic E-state index is 0.132. The van der Waals surface area contributed by atoms with Gasteiger partial charge < -0.3 is 5.11 Å². The number of hydrazone groups is 1. The lowest BCUT2D eigenvalue weighted by atomic mass is 10.2. The summed E-state index contributed by atoms with van der Waals surface area (Å²) in [6, 6.07) is 14.1. The van der Waals surface area contributed by atoms with Crippen LogP contribution in [-0.4, -0.2) is 30.6 Å².